The van der Waals surface area contributed by atoms with Gasteiger partial charge < -0.3 is 49.0 Å². The van der Waals surface area contributed by atoms with Crippen molar-refractivity contribution in [2.24, 2.45) is 0 Å². The fraction of sp³-hybridized carbons (Fsp3) is 0.343. The first kappa shape index (κ1) is 35.5. The lowest BCUT2D eigenvalue weighted by Crippen LogP contribution is -2.65. The number of hydrogen-bond acceptors (Lipinski definition) is 11. The number of methoxy groups -OCH3 is 1. The Morgan fingerprint density at radius 1 is 1.12 bits per heavy atom. The molecule has 49 heavy (non-hydrogen) atoms. The third-order valence-electron chi connectivity index (χ3n) is 8.07. The van der Waals surface area contributed by atoms with Crippen LogP contribution in [0.25, 0.3) is 11.0 Å². The number of aromatic amines is 1. The van der Waals surface area contributed by atoms with Gasteiger partial charge in [-0.25, -0.2) is 9.59 Å². The van der Waals surface area contributed by atoms with Crippen molar-refractivity contribution in [3.8, 4) is 17.2 Å². The molecule has 0 aliphatic carbocycles. The van der Waals surface area contributed by atoms with Crippen LogP contribution in [0.4, 0.5) is 5.69 Å². The number of carbonyl (C=O) groups is 2. The number of aliphatic hydroxyl groups is 1. The molecule has 13 nitrogen and oxygen atoms in total. The number of halogens is 1. The van der Waals surface area contributed by atoms with E-state index in [1.54, 1.807) is 32.9 Å². The molecule has 0 radical (unpaired) electrons. The third-order valence-corrected chi connectivity index (χ3v) is 8.43. The second-order valence-electron chi connectivity index (χ2n) is 12.4. The number of phenols is 1. The smallest absolute Gasteiger partial charge is 0.364 e. The van der Waals surface area contributed by atoms with Gasteiger partial charge in [-0.2, -0.15) is 0 Å². The van der Waals surface area contributed by atoms with Crippen molar-refractivity contribution in [1.29, 1.82) is 0 Å². The molecule has 1 saturated heterocycles. The van der Waals surface area contributed by atoms with E-state index in [9.17, 15) is 29.7 Å². The maximum atomic E-state index is 13.1. The topological polar surface area (TPSA) is 190 Å². The zero-order valence-electron chi connectivity index (χ0n) is 27.6. The number of benzene rings is 2. The van der Waals surface area contributed by atoms with Crippen LogP contribution in [0.15, 0.2) is 63.3 Å². The summed E-state index contributed by atoms with van der Waals surface area (Å²) >= 11 is 6.58. The quantitative estimate of drug-likeness (QED) is 0.0859. The Hall–Kier alpha value is -4.82. The van der Waals surface area contributed by atoms with Crippen LogP contribution in [-0.2, 0) is 20.6 Å². The van der Waals surface area contributed by atoms with Gasteiger partial charge in [0.1, 0.15) is 28.3 Å². The molecule has 0 saturated carbocycles. The van der Waals surface area contributed by atoms with Crippen LogP contribution in [0.2, 0.25) is 5.02 Å². The summed E-state index contributed by atoms with van der Waals surface area (Å²) in [7, 11) is 1.39. The number of allylic oxidation sites excluding steroid dienone is 2. The van der Waals surface area contributed by atoms with E-state index in [0.717, 1.165) is 11.3 Å². The predicted molar refractivity (Wildman–Crippen MR) is 179 cm³/mol. The zero-order chi connectivity index (χ0) is 35.8. The molecule has 1 fully saturated rings. The van der Waals surface area contributed by atoms with Gasteiger partial charge in [-0.3, -0.25) is 4.79 Å². The van der Waals surface area contributed by atoms with E-state index in [-0.39, 0.29) is 38.7 Å². The number of nitrogens with one attached hydrogen (secondary N) is 2. The summed E-state index contributed by atoms with van der Waals surface area (Å²) < 4.78 is 28.6. The molecular weight excluding hydrogens is 660 g/mol. The van der Waals surface area contributed by atoms with Crippen LogP contribution in [0.5, 0.6) is 17.2 Å². The Kier molecular flexibility index (Phi) is 10.1. The number of ether oxygens (including phenoxy) is 4. The SMILES string of the molecule is CO[C@@H]1C(OC(=O)c2ccc(C)[nH]2)[C@@H](O)[C@H](Oc2ccc3c(O)c(NC(=O)c4ccc(O)c(CC=C(C)C)c4)c(=O)oc3c2Cl)OC1(C)C. The van der Waals surface area contributed by atoms with Crippen molar-refractivity contribution in [3.63, 3.8) is 0 Å². The molecule has 260 valence electrons. The molecule has 2 aromatic heterocycles. The first-order valence-corrected chi connectivity index (χ1v) is 15.7. The Labute approximate surface area is 286 Å². The van der Waals surface area contributed by atoms with Crippen molar-refractivity contribution in [2.45, 2.75) is 71.2 Å². The molecule has 1 amide bonds. The summed E-state index contributed by atoms with van der Waals surface area (Å²) in [6.07, 6.45) is -2.87. The number of rotatable bonds is 9. The van der Waals surface area contributed by atoms with E-state index in [1.165, 1.54) is 37.4 Å². The number of fused-ring (bicyclic) bond motifs is 1. The van der Waals surface area contributed by atoms with Crippen molar-refractivity contribution >= 4 is 40.1 Å². The van der Waals surface area contributed by atoms with Crippen LogP contribution in [0, 0.1) is 6.92 Å². The van der Waals surface area contributed by atoms with Crippen LogP contribution >= 0.6 is 11.6 Å². The van der Waals surface area contributed by atoms with Gasteiger partial charge in [0.2, 0.25) is 6.29 Å². The van der Waals surface area contributed by atoms with E-state index >= 15 is 0 Å². The number of anilines is 1. The number of carbonyl (C=O) groups excluding carboxylic acids is 2. The average Bonchev–Trinajstić information content (AvgIpc) is 3.48. The highest BCUT2D eigenvalue weighted by atomic mass is 35.5. The van der Waals surface area contributed by atoms with Gasteiger partial charge in [0.05, 0.1) is 11.0 Å². The molecule has 0 bridgehead atoms. The largest absolute Gasteiger partial charge is 0.508 e. The van der Waals surface area contributed by atoms with Gasteiger partial charge in [0, 0.05) is 18.4 Å². The lowest BCUT2D eigenvalue weighted by molar-refractivity contribution is -0.305. The maximum absolute atomic E-state index is 13.1. The van der Waals surface area contributed by atoms with E-state index in [2.05, 4.69) is 10.3 Å². The van der Waals surface area contributed by atoms with Crippen LogP contribution in [0.3, 0.4) is 0 Å². The highest BCUT2D eigenvalue weighted by Gasteiger charge is 2.53. The van der Waals surface area contributed by atoms with Crippen molar-refractivity contribution < 1.29 is 48.3 Å². The van der Waals surface area contributed by atoms with E-state index < -0.39 is 59.1 Å². The van der Waals surface area contributed by atoms with Gasteiger partial charge in [0.25, 0.3) is 5.91 Å². The van der Waals surface area contributed by atoms with Gasteiger partial charge in [-0.05, 0) is 89.1 Å². The third kappa shape index (κ3) is 7.30. The number of aromatic hydroxyl groups is 2. The average molecular weight is 697 g/mol. The number of esters is 1. The molecule has 14 heteroatoms. The number of amides is 1. The summed E-state index contributed by atoms with van der Waals surface area (Å²) in [6.45, 7) is 8.92. The summed E-state index contributed by atoms with van der Waals surface area (Å²) in [5.41, 5.74) is -0.464. The van der Waals surface area contributed by atoms with Crippen LogP contribution in [-0.4, -0.2) is 69.5 Å². The number of aryl methyl sites for hydroxylation is 1. The van der Waals surface area contributed by atoms with Crippen LogP contribution in [0.1, 0.15) is 59.8 Å². The number of hydrogen-bond donors (Lipinski definition) is 5. The molecule has 3 heterocycles. The molecule has 1 aliphatic rings. The molecule has 5 N–H and O–H groups in total. The van der Waals surface area contributed by atoms with Crippen molar-refractivity contribution in [3.05, 3.63) is 92.1 Å². The summed E-state index contributed by atoms with van der Waals surface area (Å²) in [5.74, 6) is -2.16. The lowest BCUT2D eigenvalue weighted by atomic mass is 9.89. The molecule has 0 spiro atoms. The standard InChI is InChI=1S/C35H37ClN2O11/c1-16(2)7-9-18-15-19(10-13-22(18)39)31(42)38-25-26(40)20-11-14-23(24(36)28(20)47-33(25)44)46-34-27(41)29(30(45-6)35(4,5)49-34)48-32(43)21-12-8-17(3)37-21/h7-8,10-15,27,29-30,34,37,39-41H,9H2,1-6H3,(H,38,42)/t27-,29?,30-,34-/m1/s1. The van der Waals surface area contributed by atoms with E-state index in [4.69, 9.17) is 35.0 Å². The Morgan fingerprint density at radius 3 is 2.51 bits per heavy atom. The number of aliphatic hydroxyl groups excluding tert-OH is 1. The molecule has 2 aromatic carbocycles. The number of aromatic nitrogens is 1. The van der Waals surface area contributed by atoms with Crippen molar-refractivity contribution in [1.82, 2.24) is 4.98 Å². The van der Waals surface area contributed by atoms with Gasteiger partial charge in [0.15, 0.2) is 29.2 Å². The highest BCUT2D eigenvalue weighted by Crippen LogP contribution is 2.41. The second kappa shape index (κ2) is 14.0. The normalized spacial score (nSPS) is 20.1. The lowest BCUT2D eigenvalue weighted by Gasteiger charge is -2.47. The van der Waals surface area contributed by atoms with E-state index in [1.807, 2.05) is 19.9 Å². The monoisotopic (exact) mass is 696 g/mol. The minimum absolute atomic E-state index is 0.00573. The Balaban J connectivity index is 1.40. The summed E-state index contributed by atoms with van der Waals surface area (Å²) in [6, 6.07) is 10.2. The molecular formula is C35H37ClN2O11. The van der Waals surface area contributed by atoms with Gasteiger partial charge in [-0.15, -0.1) is 0 Å². The fourth-order valence-electron chi connectivity index (χ4n) is 5.53. The maximum Gasteiger partial charge on any atom is 0.364 e. The Bertz CT molecular complexity index is 1990. The number of phenolic OH excluding ortho intramolecular Hbond substituents is 1. The van der Waals surface area contributed by atoms with E-state index in [0.29, 0.717) is 12.0 Å². The molecule has 5 rings (SSSR count). The van der Waals surface area contributed by atoms with Crippen LogP contribution < -0.4 is 15.7 Å². The fourth-order valence-corrected chi connectivity index (χ4v) is 5.78. The van der Waals surface area contributed by atoms with Gasteiger partial charge >= 0.3 is 11.6 Å². The highest BCUT2D eigenvalue weighted by molar-refractivity contribution is 6.36. The second-order valence-corrected chi connectivity index (χ2v) is 12.8. The minimum Gasteiger partial charge on any atom is -0.508 e. The first-order chi connectivity index (χ1) is 23.1. The molecule has 1 unspecified atom stereocenters. The van der Waals surface area contributed by atoms with Gasteiger partial charge in [-0.1, -0.05) is 23.3 Å². The summed E-state index contributed by atoms with van der Waals surface area (Å²) in [5, 5.41) is 34.6. The zero-order valence-corrected chi connectivity index (χ0v) is 28.4. The van der Waals surface area contributed by atoms with Crippen molar-refractivity contribution in [2.75, 3.05) is 12.4 Å². The summed E-state index contributed by atoms with van der Waals surface area (Å²) in [4.78, 5) is 41.9. The molecule has 4 aromatic rings. The predicted octanol–water partition coefficient (Wildman–Crippen LogP) is 5.37. The Morgan fingerprint density at radius 2 is 1.86 bits per heavy atom. The molecule has 1 aliphatic heterocycles. The first-order valence-electron chi connectivity index (χ1n) is 15.3. The minimum atomic E-state index is -1.56. The molecule has 4 atom stereocenters. The number of H-pyrrole nitrogens is 1.